The van der Waals surface area contributed by atoms with E-state index in [1.807, 2.05) is 13.1 Å². The molecule has 0 saturated carbocycles. The third kappa shape index (κ3) is 5.45. The molecule has 5 N–H and O–H groups in total. The first-order valence-corrected chi connectivity index (χ1v) is 8.96. The van der Waals surface area contributed by atoms with Gasteiger partial charge in [-0.2, -0.15) is 5.10 Å². The van der Waals surface area contributed by atoms with E-state index in [0.29, 0.717) is 23.4 Å². The number of allylic oxidation sites excluding steroid dienone is 3. The summed E-state index contributed by atoms with van der Waals surface area (Å²) in [5.41, 5.74) is 15.6. The molecule has 0 aliphatic carbocycles. The van der Waals surface area contributed by atoms with Gasteiger partial charge in [0.05, 0.1) is 30.5 Å². The second-order valence-corrected chi connectivity index (χ2v) is 6.34. The lowest BCUT2D eigenvalue weighted by Crippen LogP contribution is -2.40. The van der Waals surface area contributed by atoms with Crippen LogP contribution in [0.25, 0.3) is 5.65 Å². The number of aldehydes is 1. The molecule has 0 aromatic carbocycles. The molecular formula is C20H26N8O. The molecule has 0 bridgehead atoms. The summed E-state index contributed by atoms with van der Waals surface area (Å²) in [6.45, 7) is 6.07. The average molecular weight is 394 g/mol. The third-order valence-electron chi connectivity index (χ3n) is 4.20. The van der Waals surface area contributed by atoms with Crippen molar-refractivity contribution in [2.45, 2.75) is 19.5 Å². The van der Waals surface area contributed by atoms with Gasteiger partial charge < -0.3 is 21.3 Å². The minimum atomic E-state index is -0.585. The SMILES string of the molecule is C=NN(Cc1cn2cc(C=O)ccc2n1)CC(N)C(N)=C(C=NC)C(=N)/C=C\C. The smallest absolute Gasteiger partial charge is 0.151 e. The second kappa shape index (κ2) is 10.1. The molecule has 2 aromatic heterocycles. The fraction of sp³-hybridized carbons (Fsp3) is 0.250. The lowest BCUT2D eigenvalue weighted by Gasteiger charge is -2.23. The topological polar surface area (TPSA) is 138 Å². The number of pyridine rings is 1. The molecule has 0 spiro atoms. The van der Waals surface area contributed by atoms with Crippen LogP contribution in [0.3, 0.4) is 0 Å². The van der Waals surface area contributed by atoms with Crippen molar-refractivity contribution in [2.24, 2.45) is 21.6 Å². The van der Waals surface area contributed by atoms with E-state index < -0.39 is 6.04 Å². The molecule has 1 atom stereocenters. The third-order valence-corrected chi connectivity index (χ3v) is 4.20. The number of hydrogen-bond acceptors (Lipinski definition) is 8. The maximum absolute atomic E-state index is 10.9. The summed E-state index contributed by atoms with van der Waals surface area (Å²) in [7, 11) is 1.61. The maximum Gasteiger partial charge on any atom is 0.151 e. The summed E-state index contributed by atoms with van der Waals surface area (Å²) < 4.78 is 1.78. The molecule has 2 heterocycles. The highest BCUT2D eigenvalue weighted by Crippen LogP contribution is 2.11. The zero-order valence-corrected chi connectivity index (χ0v) is 16.6. The summed E-state index contributed by atoms with van der Waals surface area (Å²) in [5, 5.41) is 13.8. The van der Waals surface area contributed by atoms with Gasteiger partial charge in [-0.15, -0.1) is 0 Å². The number of nitrogens with two attached hydrogens (primary N) is 2. The maximum atomic E-state index is 10.9. The fourth-order valence-corrected chi connectivity index (χ4v) is 2.78. The largest absolute Gasteiger partial charge is 0.400 e. The van der Waals surface area contributed by atoms with E-state index in [0.717, 1.165) is 17.6 Å². The Morgan fingerprint density at radius 3 is 2.83 bits per heavy atom. The van der Waals surface area contributed by atoms with Crippen LogP contribution in [-0.4, -0.2) is 59.0 Å². The van der Waals surface area contributed by atoms with Gasteiger partial charge in [-0.25, -0.2) is 4.98 Å². The Bertz CT molecular complexity index is 986. The first-order chi connectivity index (χ1) is 13.9. The number of carbonyl (C=O) groups is 1. The van der Waals surface area contributed by atoms with Gasteiger partial charge in [0.15, 0.2) is 6.29 Å². The number of hydrogen-bond donors (Lipinski definition) is 3. The molecule has 0 radical (unpaired) electrons. The lowest BCUT2D eigenvalue weighted by atomic mass is 10.0. The van der Waals surface area contributed by atoms with Crippen molar-refractivity contribution in [3.05, 3.63) is 59.2 Å². The molecule has 29 heavy (non-hydrogen) atoms. The van der Waals surface area contributed by atoms with E-state index in [1.54, 1.807) is 46.9 Å². The lowest BCUT2D eigenvalue weighted by molar-refractivity contribution is 0.112. The number of carbonyl (C=O) groups excluding carboxylic acids is 1. The van der Waals surface area contributed by atoms with Gasteiger partial charge in [0.2, 0.25) is 0 Å². The predicted octanol–water partition coefficient (Wildman–Crippen LogP) is 1.40. The molecule has 0 saturated heterocycles. The molecule has 0 amide bonds. The van der Waals surface area contributed by atoms with Crippen molar-refractivity contribution in [1.29, 1.82) is 5.41 Å². The van der Waals surface area contributed by atoms with E-state index in [-0.39, 0.29) is 12.3 Å². The van der Waals surface area contributed by atoms with Crippen molar-refractivity contribution in [3.63, 3.8) is 0 Å². The molecule has 2 aromatic rings. The van der Waals surface area contributed by atoms with Crippen molar-refractivity contribution in [2.75, 3.05) is 13.6 Å². The molecule has 0 fully saturated rings. The Morgan fingerprint density at radius 2 is 2.21 bits per heavy atom. The number of aromatic nitrogens is 2. The normalized spacial score (nSPS) is 13.6. The number of imidazole rings is 1. The van der Waals surface area contributed by atoms with Gasteiger partial charge >= 0.3 is 0 Å². The van der Waals surface area contributed by atoms with Crippen molar-refractivity contribution in [1.82, 2.24) is 14.4 Å². The van der Waals surface area contributed by atoms with Crippen LogP contribution in [0.4, 0.5) is 0 Å². The Hall–Kier alpha value is -3.59. The van der Waals surface area contributed by atoms with Gasteiger partial charge in [0.1, 0.15) is 5.65 Å². The molecule has 1 unspecified atom stereocenters. The number of fused-ring (bicyclic) bond motifs is 1. The van der Waals surface area contributed by atoms with E-state index in [9.17, 15) is 4.79 Å². The number of aliphatic imine (C=N–C) groups is 1. The first-order valence-electron chi connectivity index (χ1n) is 8.96. The Labute approximate surface area is 169 Å². The molecule has 152 valence electrons. The summed E-state index contributed by atoms with van der Waals surface area (Å²) in [4.78, 5) is 19.4. The first kappa shape index (κ1) is 21.7. The molecule has 2 rings (SSSR count). The molecule has 9 heteroatoms. The summed E-state index contributed by atoms with van der Waals surface area (Å²) in [5.74, 6) is 0. The van der Waals surface area contributed by atoms with Crippen molar-refractivity contribution < 1.29 is 4.79 Å². The molecule has 0 aliphatic heterocycles. The van der Waals surface area contributed by atoms with Crippen LogP contribution in [-0.2, 0) is 6.54 Å². The Balaban J connectivity index is 2.19. The van der Waals surface area contributed by atoms with E-state index >= 15 is 0 Å². The molecule has 9 nitrogen and oxygen atoms in total. The minimum absolute atomic E-state index is 0.232. The van der Waals surface area contributed by atoms with Crippen molar-refractivity contribution in [3.8, 4) is 0 Å². The predicted molar refractivity (Wildman–Crippen MR) is 117 cm³/mol. The van der Waals surface area contributed by atoms with E-state index in [2.05, 4.69) is 21.8 Å². The van der Waals surface area contributed by atoms with Gasteiger partial charge in [-0.1, -0.05) is 6.08 Å². The summed E-state index contributed by atoms with van der Waals surface area (Å²) >= 11 is 0. The average Bonchev–Trinajstić information content (AvgIpc) is 3.12. The van der Waals surface area contributed by atoms with Crippen LogP contribution in [0.1, 0.15) is 23.0 Å². The molecular weight excluding hydrogens is 368 g/mol. The second-order valence-electron chi connectivity index (χ2n) is 6.34. The monoisotopic (exact) mass is 394 g/mol. The van der Waals surface area contributed by atoms with E-state index in [1.165, 1.54) is 6.21 Å². The zero-order chi connectivity index (χ0) is 21.4. The van der Waals surface area contributed by atoms with Gasteiger partial charge in [-0.3, -0.25) is 14.8 Å². The number of hydrazone groups is 1. The van der Waals surface area contributed by atoms with E-state index in [4.69, 9.17) is 16.9 Å². The quantitative estimate of drug-likeness (QED) is 0.318. The van der Waals surface area contributed by atoms with Gasteiger partial charge in [0, 0.05) is 49.2 Å². The van der Waals surface area contributed by atoms with Crippen LogP contribution in [0.2, 0.25) is 0 Å². The highest BCUT2D eigenvalue weighted by atomic mass is 16.1. The van der Waals surface area contributed by atoms with Gasteiger partial charge in [-0.05, 0) is 25.1 Å². The van der Waals surface area contributed by atoms with Crippen LogP contribution in [0.5, 0.6) is 0 Å². The number of nitrogens with zero attached hydrogens (tertiary/aromatic N) is 5. The fourth-order valence-electron chi connectivity index (χ4n) is 2.78. The van der Waals surface area contributed by atoms with Gasteiger partial charge in [0.25, 0.3) is 0 Å². The Kier molecular flexibility index (Phi) is 7.55. The van der Waals surface area contributed by atoms with Crippen molar-refractivity contribution >= 4 is 30.6 Å². The standard InChI is InChI=1S/C20H26N8O/c1-4-5-17(21)16(8-24-2)20(23)18(22)12-28(25-3)11-15-10-27-9-14(13-29)6-7-19(27)26-15/h4-10,13,18,21H,3,11-12,22-23H2,1-2H3/b5-4-,20-16?,21-17?,24-8?. The highest BCUT2D eigenvalue weighted by Gasteiger charge is 2.17. The van der Waals surface area contributed by atoms with Crippen LogP contribution >= 0.6 is 0 Å². The van der Waals surface area contributed by atoms with Crippen LogP contribution in [0, 0.1) is 5.41 Å². The Morgan fingerprint density at radius 1 is 1.45 bits per heavy atom. The zero-order valence-electron chi connectivity index (χ0n) is 16.6. The number of nitrogens with one attached hydrogen (secondary N) is 1. The van der Waals surface area contributed by atoms with Crippen LogP contribution < -0.4 is 11.5 Å². The summed E-state index contributed by atoms with van der Waals surface area (Å²) in [6.07, 6.45) is 9.22. The molecule has 0 aliphatic rings. The highest BCUT2D eigenvalue weighted by molar-refractivity contribution is 6.20. The number of rotatable bonds is 10. The van der Waals surface area contributed by atoms with Crippen LogP contribution in [0.15, 0.2) is 58.0 Å². The minimum Gasteiger partial charge on any atom is -0.400 e. The summed E-state index contributed by atoms with van der Waals surface area (Å²) in [6, 6.07) is 2.90.